The van der Waals surface area contributed by atoms with Crippen molar-refractivity contribution in [3.05, 3.63) is 12.5 Å². The topological polar surface area (TPSA) is 52.8 Å². The van der Waals surface area contributed by atoms with E-state index in [1.807, 2.05) is 12.5 Å². The van der Waals surface area contributed by atoms with Crippen LogP contribution in [0.2, 0.25) is 3.43 Å². The Labute approximate surface area is 142 Å². The van der Waals surface area contributed by atoms with Gasteiger partial charge in [0.15, 0.2) is 0 Å². The second kappa shape index (κ2) is 6.82. The van der Waals surface area contributed by atoms with E-state index in [1.165, 1.54) is 23.0 Å². The summed E-state index contributed by atoms with van der Waals surface area (Å²) in [7, 11) is 0. The molecule has 3 rings (SSSR count). The van der Waals surface area contributed by atoms with E-state index in [0.29, 0.717) is 3.43 Å². The Balaban J connectivity index is 1.73. The van der Waals surface area contributed by atoms with Crippen LogP contribution < -0.4 is 3.71 Å². The zero-order valence-electron chi connectivity index (χ0n) is 13.7. The van der Waals surface area contributed by atoms with Gasteiger partial charge in [0, 0.05) is 0 Å². The normalized spacial score (nSPS) is 17.2. The van der Waals surface area contributed by atoms with E-state index in [4.69, 9.17) is 9.72 Å². The first-order chi connectivity index (χ1) is 10.5. The van der Waals surface area contributed by atoms with Gasteiger partial charge < -0.3 is 0 Å². The predicted molar refractivity (Wildman–Crippen MR) is 88.6 cm³/mol. The molecule has 2 aromatic heterocycles. The van der Waals surface area contributed by atoms with Crippen molar-refractivity contribution in [1.29, 1.82) is 0 Å². The minimum absolute atomic E-state index is 0.388. The maximum absolute atomic E-state index is 5.43. The van der Waals surface area contributed by atoms with E-state index < -0.39 is 21.1 Å². The van der Waals surface area contributed by atoms with Crippen molar-refractivity contribution in [3.63, 3.8) is 0 Å². The Morgan fingerprint density at radius 1 is 1.27 bits per heavy atom. The Morgan fingerprint density at radius 3 is 2.77 bits per heavy atom. The number of rotatable bonds is 4. The molecule has 3 heterocycles. The molecule has 0 spiro atoms. The second-order valence-corrected chi connectivity index (χ2v) is 13.5. The van der Waals surface area contributed by atoms with Crippen LogP contribution in [0, 0.1) is 5.92 Å². The summed E-state index contributed by atoms with van der Waals surface area (Å²) in [5.41, 5.74) is 1.75. The summed E-state index contributed by atoms with van der Waals surface area (Å²) in [5.74, 6) is 0.772. The number of hydrogen-bond acceptors (Lipinski definition) is 4. The van der Waals surface area contributed by atoms with Crippen LogP contribution >= 0.6 is 0 Å². The van der Waals surface area contributed by atoms with Gasteiger partial charge in [0.25, 0.3) is 0 Å². The van der Waals surface area contributed by atoms with Crippen LogP contribution in [0.4, 0.5) is 0 Å². The summed E-state index contributed by atoms with van der Waals surface area (Å²) in [6, 6.07) is 0. The van der Waals surface area contributed by atoms with Crippen LogP contribution in [-0.2, 0) is 11.3 Å². The predicted octanol–water partition coefficient (Wildman–Crippen LogP) is 2.19. The average Bonchev–Trinajstić information content (AvgIpc) is 2.87. The molecule has 1 fully saturated rings. The molecule has 1 aliphatic rings. The zero-order chi connectivity index (χ0) is 15.6. The summed E-state index contributed by atoms with van der Waals surface area (Å²) < 4.78 is 9.22. The fourth-order valence-corrected chi connectivity index (χ4v) is 5.82. The molecule has 0 amide bonds. The summed E-state index contributed by atoms with van der Waals surface area (Å²) in [5, 5.41) is 0. The third-order valence-corrected chi connectivity index (χ3v) is 7.51. The standard InChI is InChI=1S/C12H15N4O.C4H9.Sn/c1(10-2-7-17-8-3-10)6-16-9-15-11-12(16)14-5-4-13-11;1-4(2)3;/h4,9-10H,1-3,6-8H2;1-3H3;. The number of ether oxygens (including phenoxy) is 1. The maximum atomic E-state index is 5.43. The van der Waals surface area contributed by atoms with Gasteiger partial charge in [-0.3, -0.25) is 0 Å². The van der Waals surface area contributed by atoms with E-state index in [9.17, 15) is 0 Å². The van der Waals surface area contributed by atoms with E-state index in [-0.39, 0.29) is 0 Å². The van der Waals surface area contributed by atoms with E-state index in [2.05, 4.69) is 35.3 Å². The van der Waals surface area contributed by atoms with Crippen LogP contribution in [0.5, 0.6) is 0 Å². The quantitative estimate of drug-likeness (QED) is 0.730. The zero-order valence-corrected chi connectivity index (χ0v) is 16.5. The van der Waals surface area contributed by atoms with Gasteiger partial charge in [-0.05, 0) is 0 Å². The molecule has 6 heteroatoms. The summed E-state index contributed by atoms with van der Waals surface area (Å²) >= 11 is -0.723. The van der Waals surface area contributed by atoms with Crippen molar-refractivity contribution in [2.24, 2.45) is 5.92 Å². The van der Waals surface area contributed by atoms with Gasteiger partial charge in [-0.15, -0.1) is 0 Å². The molecule has 0 aromatic carbocycles. The van der Waals surface area contributed by atoms with Gasteiger partial charge in [0.05, 0.1) is 0 Å². The molecule has 0 N–H and O–H groups in total. The van der Waals surface area contributed by atoms with Crippen molar-refractivity contribution >= 4 is 36.1 Å². The molecule has 2 radical (unpaired) electrons. The first-order valence-electron chi connectivity index (χ1n) is 8.05. The minimum atomic E-state index is -0.723. The van der Waals surface area contributed by atoms with Crippen LogP contribution in [-0.4, -0.2) is 53.9 Å². The second-order valence-electron chi connectivity index (χ2n) is 7.06. The van der Waals surface area contributed by atoms with Gasteiger partial charge in [-0.2, -0.15) is 0 Å². The van der Waals surface area contributed by atoms with E-state index in [1.54, 1.807) is 0 Å². The summed E-state index contributed by atoms with van der Waals surface area (Å²) in [4.78, 5) is 13.8. The SMILES string of the molecule is C[C](C)(C)[Sn][c]1cnc2ncn(CCC3CCOCC3)c2n1. The van der Waals surface area contributed by atoms with Crippen LogP contribution in [0.3, 0.4) is 0 Å². The van der Waals surface area contributed by atoms with E-state index in [0.717, 1.165) is 37.0 Å². The number of imidazole rings is 1. The first kappa shape index (κ1) is 16.2. The van der Waals surface area contributed by atoms with Gasteiger partial charge >= 0.3 is 142 Å². The Morgan fingerprint density at radius 2 is 2.05 bits per heavy atom. The Hall–Kier alpha value is -0.691. The first-order valence-corrected chi connectivity index (χ1v) is 10.9. The molecule has 0 saturated carbocycles. The molecular weight excluding hydrogens is 383 g/mol. The van der Waals surface area contributed by atoms with Crippen molar-refractivity contribution < 1.29 is 4.74 Å². The average molecular weight is 407 g/mol. The molecule has 1 aliphatic heterocycles. The van der Waals surface area contributed by atoms with Gasteiger partial charge in [-0.1, -0.05) is 0 Å². The fraction of sp³-hybridized carbons (Fsp3) is 0.688. The fourth-order valence-electron chi connectivity index (χ4n) is 2.80. The number of hydrogen-bond donors (Lipinski definition) is 0. The number of fused-ring (bicyclic) bond motifs is 1. The van der Waals surface area contributed by atoms with Crippen molar-refractivity contribution in [3.8, 4) is 0 Å². The molecule has 118 valence electrons. The molecule has 5 nitrogen and oxygen atoms in total. The van der Waals surface area contributed by atoms with Crippen molar-refractivity contribution in [2.45, 2.75) is 50.0 Å². The Kier molecular flexibility index (Phi) is 5.02. The number of nitrogens with zero attached hydrogens (tertiary/aromatic N) is 4. The van der Waals surface area contributed by atoms with Gasteiger partial charge in [0.2, 0.25) is 0 Å². The van der Waals surface area contributed by atoms with Gasteiger partial charge in [-0.25, -0.2) is 0 Å². The number of aromatic nitrogens is 4. The van der Waals surface area contributed by atoms with Gasteiger partial charge in [0.1, 0.15) is 0 Å². The molecule has 2 aromatic rings. The monoisotopic (exact) mass is 408 g/mol. The third-order valence-electron chi connectivity index (χ3n) is 3.95. The summed E-state index contributed by atoms with van der Waals surface area (Å²) in [6.45, 7) is 9.71. The summed E-state index contributed by atoms with van der Waals surface area (Å²) in [6.07, 6.45) is 7.38. The van der Waals surface area contributed by atoms with Crippen LogP contribution in [0.25, 0.3) is 11.3 Å². The molecule has 1 saturated heterocycles. The molecule has 0 bridgehead atoms. The van der Waals surface area contributed by atoms with Crippen molar-refractivity contribution in [2.75, 3.05) is 13.2 Å². The molecule has 22 heavy (non-hydrogen) atoms. The molecular formula is C16H24N4OSn. The molecule has 0 aliphatic carbocycles. The van der Waals surface area contributed by atoms with Crippen LogP contribution in [0.1, 0.15) is 40.0 Å². The van der Waals surface area contributed by atoms with E-state index >= 15 is 0 Å². The Bertz CT molecular complexity index is 629. The van der Waals surface area contributed by atoms with Crippen LogP contribution in [0.15, 0.2) is 12.5 Å². The van der Waals surface area contributed by atoms with Crippen molar-refractivity contribution in [1.82, 2.24) is 19.5 Å². The molecule has 0 atom stereocenters. The molecule has 0 unspecified atom stereocenters. The number of aryl methyl sites for hydroxylation is 1. The third kappa shape index (κ3) is 4.19.